The molecule has 1 N–H and O–H groups in total. The largest absolute Gasteiger partial charge is 0.389 e. The van der Waals surface area contributed by atoms with Crippen LogP contribution in [-0.2, 0) is 0 Å². The van der Waals surface area contributed by atoms with Crippen LogP contribution in [0.15, 0.2) is 43.0 Å². The monoisotopic (exact) mass is 280 g/mol. The van der Waals surface area contributed by atoms with Crippen LogP contribution in [0.3, 0.4) is 0 Å². The maximum Gasteiger partial charge on any atom is 0.180 e. The standard InChI is InChI=1S/C14H12N6O/c1-9(21)10-8-11(13-15-4-2-5-16-13)19-20-12(10)14-17-6-3-7-18-14/h2-9,21H,1H3. The van der Waals surface area contributed by atoms with Gasteiger partial charge in [-0.25, -0.2) is 19.9 Å². The predicted molar refractivity (Wildman–Crippen MR) is 74.7 cm³/mol. The van der Waals surface area contributed by atoms with Crippen molar-refractivity contribution in [2.24, 2.45) is 0 Å². The Hall–Kier alpha value is -2.80. The van der Waals surface area contributed by atoms with Crippen LogP contribution in [0.4, 0.5) is 0 Å². The van der Waals surface area contributed by atoms with Crippen molar-refractivity contribution >= 4 is 0 Å². The number of hydrogen-bond donors (Lipinski definition) is 1. The quantitative estimate of drug-likeness (QED) is 0.775. The van der Waals surface area contributed by atoms with Gasteiger partial charge in [-0.3, -0.25) is 0 Å². The van der Waals surface area contributed by atoms with Gasteiger partial charge in [-0.05, 0) is 25.1 Å². The Balaban J connectivity index is 2.12. The molecule has 3 aromatic rings. The first-order valence-electron chi connectivity index (χ1n) is 6.36. The second-order valence-corrected chi connectivity index (χ2v) is 4.35. The molecule has 0 aliphatic heterocycles. The molecule has 21 heavy (non-hydrogen) atoms. The van der Waals surface area contributed by atoms with Crippen molar-refractivity contribution in [3.63, 3.8) is 0 Å². The molecule has 0 saturated heterocycles. The summed E-state index contributed by atoms with van der Waals surface area (Å²) in [4.78, 5) is 16.5. The Morgan fingerprint density at radius 2 is 1.43 bits per heavy atom. The third kappa shape index (κ3) is 2.72. The fourth-order valence-corrected chi connectivity index (χ4v) is 1.86. The molecule has 0 spiro atoms. The van der Waals surface area contributed by atoms with Gasteiger partial charge < -0.3 is 5.11 Å². The van der Waals surface area contributed by atoms with Gasteiger partial charge >= 0.3 is 0 Å². The van der Waals surface area contributed by atoms with Crippen LogP contribution in [0.1, 0.15) is 18.6 Å². The molecule has 0 saturated carbocycles. The number of aliphatic hydroxyl groups excluding tert-OH is 1. The van der Waals surface area contributed by atoms with Crippen molar-refractivity contribution in [2.75, 3.05) is 0 Å². The minimum Gasteiger partial charge on any atom is -0.389 e. The maximum absolute atomic E-state index is 9.97. The molecular weight excluding hydrogens is 268 g/mol. The third-order valence-electron chi connectivity index (χ3n) is 2.85. The fourth-order valence-electron chi connectivity index (χ4n) is 1.86. The van der Waals surface area contributed by atoms with Crippen LogP contribution in [0.25, 0.3) is 23.0 Å². The van der Waals surface area contributed by atoms with Crippen LogP contribution in [0.5, 0.6) is 0 Å². The van der Waals surface area contributed by atoms with E-state index in [1.54, 1.807) is 49.9 Å². The van der Waals surface area contributed by atoms with Gasteiger partial charge in [-0.2, -0.15) is 0 Å². The minimum absolute atomic E-state index is 0.418. The van der Waals surface area contributed by atoms with E-state index in [-0.39, 0.29) is 0 Å². The first-order chi connectivity index (χ1) is 10.3. The Labute approximate surface area is 120 Å². The summed E-state index contributed by atoms with van der Waals surface area (Å²) in [5.74, 6) is 0.869. The predicted octanol–water partition coefficient (Wildman–Crippen LogP) is 1.44. The first kappa shape index (κ1) is 13.2. The van der Waals surface area contributed by atoms with Crippen molar-refractivity contribution in [1.82, 2.24) is 30.1 Å². The average Bonchev–Trinajstić information content (AvgIpc) is 2.56. The molecule has 0 bridgehead atoms. The molecule has 0 aliphatic carbocycles. The molecule has 3 heterocycles. The van der Waals surface area contributed by atoms with Crippen LogP contribution in [0, 0.1) is 0 Å². The minimum atomic E-state index is -0.734. The molecule has 0 amide bonds. The summed E-state index contributed by atoms with van der Waals surface area (Å²) >= 11 is 0. The highest BCUT2D eigenvalue weighted by Crippen LogP contribution is 2.25. The number of aromatic nitrogens is 6. The Morgan fingerprint density at radius 3 is 2.00 bits per heavy atom. The number of aliphatic hydroxyl groups is 1. The molecule has 1 unspecified atom stereocenters. The highest BCUT2D eigenvalue weighted by Gasteiger charge is 2.17. The fraction of sp³-hybridized carbons (Fsp3) is 0.143. The normalized spacial score (nSPS) is 12.1. The molecule has 0 aromatic carbocycles. The highest BCUT2D eigenvalue weighted by molar-refractivity contribution is 5.59. The molecule has 0 fully saturated rings. The van der Waals surface area contributed by atoms with Gasteiger partial charge in [0.1, 0.15) is 11.4 Å². The van der Waals surface area contributed by atoms with Crippen LogP contribution >= 0.6 is 0 Å². The molecule has 3 rings (SSSR count). The second kappa shape index (κ2) is 5.68. The van der Waals surface area contributed by atoms with Crippen molar-refractivity contribution in [2.45, 2.75) is 13.0 Å². The zero-order chi connectivity index (χ0) is 14.7. The Bertz CT molecular complexity index is 733. The van der Waals surface area contributed by atoms with Gasteiger partial charge in [0.05, 0.1) is 6.10 Å². The maximum atomic E-state index is 9.97. The number of hydrogen-bond acceptors (Lipinski definition) is 7. The summed E-state index contributed by atoms with van der Waals surface area (Å²) in [6.07, 6.45) is 5.75. The van der Waals surface area contributed by atoms with Gasteiger partial charge in [0.2, 0.25) is 0 Å². The lowest BCUT2D eigenvalue weighted by Gasteiger charge is -2.10. The van der Waals surface area contributed by atoms with Crippen molar-refractivity contribution < 1.29 is 5.11 Å². The van der Waals surface area contributed by atoms with Gasteiger partial charge in [-0.1, -0.05) is 0 Å². The summed E-state index contributed by atoms with van der Waals surface area (Å²) in [7, 11) is 0. The molecular formula is C14H12N6O. The number of rotatable bonds is 3. The van der Waals surface area contributed by atoms with Crippen molar-refractivity contribution in [3.05, 3.63) is 48.5 Å². The van der Waals surface area contributed by atoms with Crippen molar-refractivity contribution in [3.8, 4) is 23.0 Å². The van der Waals surface area contributed by atoms with E-state index >= 15 is 0 Å². The second-order valence-electron chi connectivity index (χ2n) is 4.35. The third-order valence-corrected chi connectivity index (χ3v) is 2.85. The van der Waals surface area contributed by atoms with Gasteiger partial charge in [0, 0.05) is 30.4 Å². The Morgan fingerprint density at radius 1 is 0.857 bits per heavy atom. The summed E-state index contributed by atoms with van der Waals surface area (Å²) in [5, 5.41) is 18.2. The SMILES string of the molecule is CC(O)c1cc(-c2ncccn2)nnc1-c1ncccn1. The van der Waals surface area contributed by atoms with Gasteiger partial charge in [-0.15, -0.1) is 10.2 Å². The lowest BCUT2D eigenvalue weighted by atomic mass is 10.1. The summed E-state index contributed by atoms with van der Waals surface area (Å²) in [5.41, 5.74) is 1.52. The van der Waals surface area contributed by atoms with Gasteiger partial charge in [0.25, 0.3) is 0 Å². The molecule has 3 aromatic heterocycles. The van der Waals surface area contributed by atoms with E-state index in [9.17, 15) is 5.11 Å². The molecule has 1 atom stereocenters. The van der Waals surface area contributed by atoms with E-state index in [0.717, 1.165) is 0 Å². The van der Waals surface area contributed by atoms with E-state index in [0.29, 0.717) is 28.6 Å². The van der Waals surface area contributed by atoms with E-state index in [2.05, 4.69) is 30.1 Å². The van der Waals surface area contributed by atoms with Crippen LogP contribution in [0.2, 0.25) is 0 Å². The lowest BCUT2D eigenvalue weighted by Crippen LogP contribution is -2.04. The Kier molecular flexibility index (Phi) is 3.57. The highest BCUT2D eigenvalue weighted by atomic mass is 16.3. The van der Waals surface area contributed by atoms with E-state index in [1.165, 1.54) is 0 Å². The van der Waals surface area contributed by atoms with Crippen LogP contribution < -0.4 is 0 Å². The van der Waals surface area contributed by atoms with Crippen LogP contribution in [-0.4, -0.2) is 35.2 Å². The average molecular weight is 280 g/mol. The lowest BCUT2D eigenvalue weighted by molar-refractivity contribution is 0.199. The topological polar surface area (TPSA) is 97.6 Å². The summed E-state index contributed by atoms with van der Waals surface area (Å²) in [6.45, 7) is 1.65. The summed E-state index contributed by atoms with van der Waals surface area (Å²) in [6, 6.07) is 5.14. The molecule has 7 nitrogen and oxygen atoms in total. The summed E-state index contributed by atoms with van der Waals surface area (Å²) < 4.78 is 0. The van der Waals surface area contributed by atoms with Gasteiger partial charge in [0.15, 0.2) is 11.6 Å². The smallest absolute Gasteiger partial charge is 0.180 e. The van der Waals surface area contributed by atoms with E-state index < -0.39 is 6.10 Å². The molecule has 0 aliphatic rings. The van der Waals surface area contributed by atoms with Crippen molar-refractivity contribution in [1.29, 1.82) is 0 Å². The zero-order valence-electron chi connectivity index (χ0n) is 11.2. The van der Waals surface area contributed by atoms with E-state index in [1.807, 2.05) is 0 Å². The molecule has 7 heteroatoms. The number of nitrogens with zero attached hydrogens (tertiary/aromatic N) is 6. The zero-order valence-corrected chi connectivity index (χ0v) is 11.2. The van der Waals surface area contributed by atoms with E-state index in [4.69, 9.17) is 0 Å². The molecule has 0 radical (unpaired) electrons. The molecule has 104 valence electrons. The first-order valence-corrected chi connectivity index (χ1v) is 6.36.